The first-order chi connectivity index (χ1) is 7.81. The van der Waals surface area contributed by atoms with Crippen LogP contribution < -0.4 is 0 Å². The third-order valence-corrected chi connectivity index (χ3v) is 4.59. The number of benzene rings is 1. The summed E-state index contributed by atoms with van der Waals surface area (Å²) < 4.78 is 0. The highest BCUT2D eigenvalue weighted by molar-refractivity contribution is 5.29. The molecule has 86 valence electrons. The molecular weight excluding hydrogens is 194 g/mol. The van der Waals surface area contributed by atoms with Crippen molar-refractivity contribution in [3.63, 3.8) is 0 Å². The standard InChI is InChI=1S/C15H21N/c1-16-11-9-15(10-12-16,14-7-8-14)13-5-3-2-4-6-13/h2-6,14H,7-12H2,1H3. The molecule has 1 heterocycles. The quantitative estimate of drug-likeness (QED) is 0.733. The van der Waals surface area contributed by atoms with Crippen molar-refractivity contribution in [2.24, 2.45) is 5.92 Å². The highest BCUT2D eigenvalue weighted by atomic mass is 15.1. The molecule has 1 nitrogen and oxygen atoms in total. The van der Waals surface area contributed by atoms with Gasteiger partial charge in [-0.1, -0.05) is 30.3 Å². The zero-order chi connectivity index (χ0) is 11.0. The molecule has 3 rings (SSSR count). The molecule has 0 radical (unpaired) electrons. The van der Waals surface area contributed by atoms with Crippen LogP contribution in [0.3, 0.4) is 0 Å². The third-order valence-electron chi connectivity index (χ3n) is 4.59. The first-order valence-electron chi connectivity index (χ1n) is 6.55. The van der Waals surface area contributed by atoms with Crippen molar-refractivity contribution in [3.05, 3.63) is 35.9 Å². The highest BCUT2D eigenvalue weighted by Gasteiger charge is 2.47. The fraction of sp³-hybridized carbons (Fsp3) is 0.600. The summed E-state index contributed by atoms with van der Waals surface area (Å²) >= 11 is 0. The minimum atomic E-state index is 0.522. The van der Waals surface area contributed by atoms with Crippen LogP contribution in [0.1, 0.15) is 31.2 Å². The van der Waals surface area contributed by atoms with E-state index in [9.17, 15) is 0 Å². The molecule has 0 N–H and O–H groups in total. The number of hydrogen-bond donors (Lipinski definition) is 0. The SMILES string of the molecule is CN1CCC(c2ccccc2)(C2CC2)CC1. The van der Waals surface area contributed by atoms with E-state index in [1.807, 2.05) is 0 Å². The Kier molecular flexibility index (Phi) is 2.51. The van der Waals surface area contributed by atoms with E-state index < -0.39 is 0 Å². The Morgan fingerprint density at radius 3 is 2.25 bits per heavy atom. The van der Waals surface area contributed by atoms with Crippen molar-refractivity contribution in [1.82, 2.24) is 4.90 Å². The summed E-state index contributed by atoms with van der Waals surface area (Å²) in [6, 6.07) is 11.3. The van der Waals surface area contributed by atoms with Gasteiger partial charge < -0.3 is 4.90 Å². The van der Waals surface area contributed by atoms with Crippen molar-refractivity contribution >= 4 is 0 Å². The molecule has 1 aliphatic heterocycles. The Hall–Kier alpha value is -0.820. The van der Waals surface area contributed by atoms with Crippen molar-refractivity contribution in [1.29, 1.82) is 0 Å². The van der Waals surface area contributed by atoms with E-state index in [1.165, 1.54) is 38.8 Å². The second kappa shape index (κ2) is 3.89. The average Bonchev–Trinajstić information content (AvgIpc) is 3.16. The lowest BCUT2D eigenvalue weighted by Crippen LogP contribution is -2.42. The lowest BCUT2D eigenvalue weighted by atomic mass is 9.69. The summed E-state index contributed by atoms with van der Waals surface area (Å²) in [4.78, 5) is 2.48. The van der Waals surface area contributed by atoms with Gasteiger partial charge in [0.15, 0.2) is 0 Å². The van der Waals surface area contributed by atoms with Crippen LogP contribution in [0, 0.1) is 5.92 Å². The molecule has 0 unspecified atom stereocenters. The van der Waals surface area contributed by atoms with Gasteiger partial charge in [-0.25, -0.2) is 0 Å². The fourth-order valence-electron chi connectivity index (χ4n) is 3.36. The van der Waals surface area contributed by atoms with E-state index in [0.717, 1.165) is 5.92 Å². The fourth-order valence-corrected chi connectivity index (χ4v) is 3.36. The predicted molar refractivity (Wildman–Crippen MR) is 67.6 cm³/mol. The molecule has 16 heavy (non-hydrogen) atoms. The Morgan fingerprint density at radius 2 is 1.69 bits per heavy atom. The summed E-state index contributed by atoms with van der Waals surface area (Å²) in [6.45, 7) is 2.54. The first-order valence-corrected chi connectivity index (χ1v) is 6.55. The molecule has 1 aromatic carbocycles. The largest absolute Gasteiger partial charge is 0.306 e. The summed E-state index contributed by atoms with van der Waals surface area (Å²) in [5.41, 5.74) is 2.12. The summed E-state index contributed by atoms with van der Waals surface area (Å²) in [5.74, 6) is 0.976. The minimum Gasteiger partial charge on any atom is -0.306 e. The topological polar surface area (TPSA) is 3.24 Å². The van der Waals surface area contributed by atoms with E-state index in [-0.39, 0.29) is 0 Å². The monoisotopic (exact) mass is 215 g/mol. The summed E-state index contributed by atoms with van der Waals surface area (Å²) in [7, 11) is 2.25. The Labute approximate surface area is 98.5 Å². The number of likely N-dealkylation sites (tertiary alicyclic amines) is 1. The second-order valence-corrected chi connectivity index (χ2v) is 5.60. The molecule has 2 aliphatic rings. The lowest BCUT2D eigenvalue weighted by Gasteiger charge is -2.41. The van der Waals surface area contributed by atoms with Crippen LogP contribution >= 0.6 is 0 Å². The number of hydrogen-bond acceptors (Lipinski definition) is 1. The second-order valence-electron chi connectivity index (χ2n) is 5.60. The maximum absolute atomic E-state index is 2.48. The lowest BCUT2D eigenvalue weighted by molar-refractivity contribution is 0.168. The van der Waals surface area contributed by atoms with Crippen molar-refractivity contribution < 1.29 is 0 Å². The van der Waals surface area contributed by atoms with Gasteiger partial charge in [0, 0.05) is 5.41 Å². The van der Waals surface area contributed by atoms with E-state index in [2.05, 4.69) is 42.3 Å². The van der Waals surface area contributed by atoms with Crippen LogP contribution in [0.4, 0.5) is 0 Å². The van der Waals surface area contributed by atoms with Crippen molar-refractivity contribution in [2.45, 2.75) is 31.1 Å². The van der Waals surface area contributed by atoms with Gasteiger partial charge in [-0.15, -0.1) is 0 Å². The predicted octanol–water partition coefficient (Wildman–Crippen LogP) is 3.06. The number of piperidine rings is 1. The molecule has 0 atom stereocenters. The summed E-state index contributed by atoms with van der Waals surface area (Å²) in [6.07, 6.45) is 5.63. The molecule has 1 saturated carbocycles. The normalized spacial score (nSPS) is 25.6. The van der Waals surface area contributed by atoms with Crippen LogP contribution in [0.5, 0.6) is 0 Å². The van der Waals surface area contributed by atoms with Crippen LogP contribution in [0.2, 0.25) is 0 Å². The van der Waals surface area contributed by atoms with E-state index in [0.29, 0.717) is 5.41 Å². The van der Waals surface area contributed by atoms with E-state index in [4.69, 9.17) is 0 Å². The zero-order valence-electron chi connectivity index (χ0n) is 10.2. The molecule has 1 aliphatic carbocycles. The first kappa shape index (κ1) is 10.3. The number of nitrogens with zero attached hydrogens (tertiary/aromatic N) is 1. The highest BCUT2D eigenvalue weighted by Crippen LogP contribution is 2.52. The van der Waals surface area contributed by atoms with Gasteiger partial charge in [0.25, 0.3) is 0 Å². The number of rotatable bonds is 2. The Balaban J connectivity index is 1.91. The zero-order valence-corrected chi connectivity index (χ0v) is 10.2. The smallest absolute Gasteiger partial charge is 0.000551 e. The van der Waals surface area contributed by atoms with Gasteiger partial charge in [0.05, 0.1) is 0 Å². The van der Waals surface area contributed by atoms with Crippen LogP contribution in [-0.2, 0) is 5.41 Å². The summed E-state index contributed by atoms with van der Waals surface area (Å²) in [5, 5.41) is 0. The van der Waals surface area contributed by atoms with E-state index in [1.54, 1.807) is 5.56 Å². The molecule has 0 bridgehead atoms. The van der Waals surface area contributed by atoms with Crippen molar-refractivity contribution in [3.8, 4) is 0 Å². The Bertz CT molecular complexity index is 345. The Morgan fingerprint density at radius 1 is 1.06 bits per heavy atom. The van der Waals surface area contributed by atoms with Gasteiger partial charge in [-0.05, 0) is 57.3 Å². The maximum atomic E-state index is 2.48. The van der Waals surface area contributed by atoms with Crippen LogP contribution in [0.25, 0.3) is 0 Å². The molecular formula is C15H21N. The van der Waals surface area contributed by atoms with Gasteiger partial charge >= 0.3 is 0 Å². The molecule has 1 heteroatoms. The maximum Gasteiger partial charge on any atom is 0.000551 e. The molecule has 2 fully saturated rings. The van der Waals surface area contributed by atoms with Crippen LogP contribution in [-0.4, -0.2) is 25.0 Å². The third kappa shape index (κ3) is 1.67. The molecule has 0 amide bonds. The minimum absolute atomic E-state index is 0.522. The van der Waals surface area contributed by atoms with Crippen molar-refractivity contribution in [2.75, 3.05) is 20.1 Å². The molecule has 1 aromatic rings. The average molecular weight is 215 g/mol. The van der Waals surface area contributed by atoms with Gasteiger partial charge in [0.2, 0.25) is 0 Å². The van der Waals surface area contributed by atoms with Gasteiger partial charge in [-0.2, -0.15) is 0 Å². The van der Waals surface area contributed by atoms with E-state index >= 15 is 0 Å². The van der Waals surface area contributed by atoms with Gasteiger partial charge in [0.1, 0.15) is 0 Å². The molecule has 0 spiro atoms. The van der Waals surface area contributed by atoms with Gasteiger partial charge in [-0.3, -0.25) is 0 Å². The molecule has 1 saturated heterocycles. The van der Waals surface area contributed by atoms with Crippen LogP contribution in [0.15, 0.2) is 30.3 Å². The molecule has 0 aromatic heterocycles.